The van der Waals surface area contributed by atoms with Crippen molar-refractivity contribution in [2.24, 2.45) is 0 Å². The van der Waals surface area contributed by atoms with Gasteiger partial charge in [0.25, 0.3) is 0 Å². The Labute approximate surface area is 154 Å². The molecule has 4 heterocycles. The fraction of sp³-hybridized carbons (Fsp3) is 0. The molecule has 1 N–H and O–H groups in total. The summed E-state index contributed by atoms with van der Waals surface area (Å²) in [5, 5.41) is 11.6. The highest BCUT2D eigenvalue weighted by molar-refractivity contribution is 5.92. The number of benzene rings is 1. The summed E-state index contributed by atoms with van der Waals surface area (Å²) < 4.78 is 15.3. The molecule has 4 aromatic heterocycles. The molecular weight excluding hydrogens is 341 g/mol. The van der Waals surface area contributed by atoms with Crippen LogP contribution in [-0.2, 0) is 0 Å². The van der Waals surface area contributed by atoms with Gasteiger partial charge in [0.1, 0.15) is 11.5 Å². The first-order valence-corrected chi connectivity index (χ1v) is 8.47. The minimum absolute atomic E-state index is 0.268. The Balaban J connectivity index is 1.78. The van der Waals surface area contributed by atoms with Crippen molar-refractivity contribution in [1.29, 1.82) is 0 Å². The van der Waals surface area contributed by atoms with Crippen molar-refractivity contribution >= 4 is 5.52 Å². The maximum absolute atomic E-state index is 13.4. The standard InChI is InChI=1S/C21H14FN5/c22-18-4-1-15(2-5-18)21-20(14-7-9-23-10-8-14)19-6-3-16(13-27(19)26-21)17-11-24-25-12-17/h1-13H,(H,24,25). The van der Waals surface area contributed by atoms with Crippen LogP contribution >= 0.6 is 0 Å². The molecule has 0 radical (unpaired) electrons. The molecule has 5 rings (SSSR count). The molecule has 0 saturated carbocycles. The number of aromatic amines is 1. The summed E-state index contributed by atoms with van der Waals surface area (Å²) >= 11 is 0. The van der Waals surface area contributed by atoms with Crippen LogP contribution in [0.4, 0.5) is 4.39 Å². The predicted molar refractivity (Wildman–Crippen MR) is 101 cm³/mol. The molecule has 0 atom stereocenters. The van der Waals surface area contributed by atoms with E-state index in [0.717, 1.165) is 39.0 Å². The van der Waals surface area contributed by atoms with Gasteiger partial charge < -0.3 is 0 Å². The average molecular weight is 355 g/mol. The zero-order chi connectivity index (χ0) is 18.2. The Bertz CT molecular complexity index is 1210. The lowest BCUT2D eigenvalue weighted by Crippen LogP contribution is -1.88. The fourth-order valence-corrected chi connectivity index (χ4v) is 3.24. The topological polar surface area (TPSA) is 58.9 Å². The number of rotatable bonds is 3. The normalized spacial score (nSPS) is 11.1. The molecule has 1 aromatic carbocycles. The Morgan fingerprint density at radius 2 is 1.59 bits per heavy atom. The van der Waals surface area contributed by atoms with E-state index in [1.54, 1.807) is 30.7 Å². The van der Waals surface area contributed by atoms with Crippen molar-refractivity contribution in [2.45, 2.75) is 0 Å². The van der Waals surface area contributed by atoms with E-state index in [-0.39, 0.29) is 5.82 Å². The Morgan fingerprint density at radius 3 is 2.33 bits per heavy atom. The monoisotopic (exact) mass is 355 g/mol. The van der Waals surface area contributed by atoms with Gasteiger partial charge in [-0.05, 0) is 48.0 Å². The van der Waals surface area contributed by atoms with E-state index < -0.39 is 0 Å². The van der Waals surface area contributed by atoms with Gasteiger partial charge in [-0.15, -0.1) is 0 Å². The second-order valence-electron chi connectivity index (χ2n) is 6.20. The maximum atomic E-state index is 13.4. The lowest BCUT2D eigenvalue weighted by molar-refractivity contribution is 0.628. The molecule has 27 heavy (non-hydrogen) atoms. The Morgan fingerprint density at radius 1 is 0.815 bits per heavy atom. The summed E-state index contributed by atoms with van der Waals surface area (Å²) in [4.78, 5) is 4.11. The molecule has 6 heteroatoms. The SMILES string of the molecule is Fc1ccc(-c2nn3cc(-c4cn[nH]c4)ccc3c2-c2ccncc2)cc1. The molecule has 0 aliphatic rings. The molecule has 0 saturated heterocycles. The average Bonchev–Trinajstić information content (AvgIpc) is 3.37. The molecule has 0 fully saturated rings. The van der Waals surface area contributed by atoms with Gasteiger partial charge in [0.15, 0.2) is 0 Å². The molecule has 0 aliphatic carbocycles. The zero-order valence-corrected chi connectivity index (χ0v) is 14.2. The van der Waals surface area contributed by atoms with Crippen molar-refractivity contribution in [1.82, 2.24) is 24.8 Å². The van der Waals surface area contributed by atoms with Gasteiger partial charge in [-0.3, -0.25) is 10.1 Å². The van der Waals surface area contributed by atoms with Crippen molar-refractivity contribution in [3.8, 4) is 33.5 Å². The van der Waals surface area contributed by atoms with Gasteiger partial charge in [-0.1, -0.05) is 6.07 Å². The number of hydrogen-bond acceptors (Lipinski definition) is 3. The van der Waals surface area contributed by atoms with Gasteiger partial charge >= 0.3 is 0 Å². The minimum atomic E-state index is -0.268. The maximum Gasteiger partial charge on any atom is 0.123 e. The van der Waals surface area contributed by atoms with Crippen LogP contribution in [0, 0.1) is 5.82 Å². The first-order chi connectivity index (χ1) is 13.3. The molecule has 5 nitrogen and oxygen atoms in total. The van der Waals surface area contributed by atoms with E-state index >= 15 is 0 Å². The minimum Gasteiger partial charge on any atom is -0.285 e. The lowest BCUT2D eigenvalue weighted by Gasteiger charge is -2.04. The van der Waals surface area contributed by atoms with E-state index in [1.807, 2.05) is 41.2 Å². The fourth-order valence-electron chi connectivity index (χ4n) is 3.24. The van der Waals surface area contributed by atoms with Crippen LogP contribution in [0.1, 0.15) is 0 Å². The summed E-state index contributed by atoms with van der Waals surface area (Å²) in [6.07, 6.45) is 9.10. The third-order valence-electron chi connectivity index (χ3n) is 4.55. The first kappa shape index (κ1) is 15.5. The summed E-state index contributed by atoms with van der Waals surface area (Å²) in [7, 11) is 0. The number of H-pyrrole nitrogens is 1. The Hall–Kier alpha value is -3.80. The highest BCUT2D eigenvalue weighted by atomic mass is 19.1. The summed E-state index contributed by atoms with van der Waals surface area (Å²) in [5.41, 5.74) is 6.61. The van der Waals surface area contributed by atoms with E-state index in [0.29, 0.717) is 0 Å². The molecule has 0 spiro atoms. The van der Waals surface area contributed by atoms with Crippen LogP contribution in [-0.4, -0.2) is 24.8 Å². The van der Waals surface area contributed by atoms with Gasteiger partial charge in [-0.25, -0.2) is 8.91 Å². The molecule has 0 unspecified atom stereocenters. The van der Waals surface area contributed by atoms with Crippen LogP contribution in [0.2, 0.25) is 0 Å². The van der Waals surface area contributed by atoms with E-state index in [9.17, 15) is 4.39 Å². The highest BCUT2D eigenvalue weighted by Crippen LogP contribution is 2.35. The zero-order valence-electron chi connectivity index (χ0n) is 14.2. The largest absolute Gasteiger partial charge is 0.285 e. The van der Waals surface area contributed by atoms with E-state index in [4.69, 9.17) is 5.10 Å². The number of pyridine rings is 2. The van der Waals surface area contributed by atoms with Gasteiger partial charge in [0.05, 0.1) is 11.7 Å². The highest BCUT2D eigenvalue weighted by Gasteiger charge is 2.17. The third-order valence-corrected chi connectivity index (χ3v) is 4.55. The smallest absolute Gasteiger partial charge is 0.123 e. The van der Waals surface area contributed by atoms with Crippen molar-refractivity contribution < 1.29 is 4.39 Å². The van der Waals surface area contributed by atoms with E-state index in [1.165, 1.54) is 12.1 Å². The van der Waals surface area contributed by atoms with Gasteiger partial charge in [0, 0.05) is 47.0 Å². The molecule has 0 aliphatic heterocycles. The van der Waals surface area contributed by atoms with E-state index in [2.05, 4.69) is 15.2 Å². The number of hydrogen-bond donors (Lipinski definition) is 1. The quantitative estimate of drug-likeness (QED) is 0.515. The summed E-state index contributed by atoms with van der Waals surface area (Å²) in [6, 6.07) is 14.4. The number of fused-ring (bicyclic) bond motifs is 1. The lowest BCUT2D eigenvalue weighted by atomic mass is 10.0. The second kappa shape index (κ2) is 6.17. The number of nitrogens with zero attached hydrogens (tertiary/aromatic N) is 4. The van der Waals surface area contributed by atoms with Crippen LogP contribution in [0.25, 0.3) is 39.0 Å². The van der Waals surface area contributed by atoms with Crippen molar-refractivity contribution in [3.05, 3.63) is 85.3 Å². The van der Waals surface area contributed by atoms with Crippen LogP contribution in [0.5, 0.6) is 0 Å². The molecule has 5 aromatic rings. The summed E-state index contributed by atoms with van der Waals surface area (Å²) in [5.74, 6) is -0.268. The molecule has 0 bridgehead atoms. The van der Waals surface area contributed by atoms with Crippen LogP contribution in [0.3, 0.4) is 0 Å². The van der Waals surface area contributed by atoms with Crippen molar-refractivity contribution in [2.75, 3.05) is 0 Å². The molecular formula is C21H14FN5. The van der Waals surface area contributed by atoms with Crippen LogP contribution in [0.15, 0.2) is 79.5 Å². The Kier molecular flexibility index (Phi) is 3.53. The van der Waals surface area contributed by atoms with Gasteiger partial charge in [0.2, 0.25) is 0 Å². The second-order valence-corrected chi connectivity index (χ2v) is 6.20. The predicted octanol–water partition coefficient (Wildman–Crippen LogP) is 4.59. The number of aromatic nitrogens is 5. The van der Waals surface area contributed by atoms with Gasteiger partial charge in [-0.2, -0.15) is 10.2 Å². The number of nitrogens with one attached hydrogen (secondary N) is 1. The molecule has 0 amide bonds. The number of halogens is 1. The first-order valence-electron chi connectivity index (χ1n) is 8.47. The molecule has 130 valence electrons. The summed E-state index contributed by atoms with van der Waals surface area (Å²) in [6.45, 7) is 0. The van der Waals surface area contributed by atoms with Crippen LogP contribution < -0.4 is 0 Å². The van der Waals surface area contributed by atoms with Crippen molar-refractivity contribution in [3.63, 3.8) is 0 Å². The third kappa shape index (κ3) is 2.67.